The SMILES string of the molecule is c1ccc(-c2cc(-c3ccccc3)c3c(c2)c2ccccc2n3-c2c(-c3nc(-c4ccccc4)nc(-c4ccccc4)n3)ccc3c2oc2ccccc23)cc1. The van der Waals surface area contributed by atoms with E-state index >= 15 is 0 Å². The second kappa shape index (κ2) is 13.0. The fourth-order valence-corrected chi connectivity index (χ4v) is 8.07. The normalized spacial score (nSPS) is 11.6. The van der Waals surface area contributed by atoms with Crippen LogP contribution < -0.4 is 0 Å². The molecule has 0 unspecified atom stereocenters. The number of furan rings is 1. The highest BCUT2D eigenvalue weighted by Gasteiger charge is 2.26. The Balaban J connectivity index is 1.31. The molecule has 8 aromatic carbocycles. The number of nitrogens with zero attached hydrogens (tertiary/aromatic N) is 4. The number of hydrogen-bond acceptors (Lipinski definition) is 4. The van der Waals surface area contributed by atoms with Crippen LogP contribution in [0.2, 0.25) is 0 Å². The summed E-state index contributed by atoms with van der Waals surface area (Å²) in [5.41, 5.74) is 11.8. The molecule has 56 heavy (non-hydrogen) atoms. The third-order valence-corrected chi connectivity index (χ3v) is 10.6. The first kappa shape index (κ1) is 31.9. The number of rotatable bonds is 6. The molecule has 0 radical (unpaired) electrons. The van der Waals surface area contributed by atoms with E-state index in [0.717, 1.165) is 88.4 Å². The van der Waals surface area contributed by atoms with Crippen LogP contribution in [0.5, 0.6) is 0 Å². The summed E-state index contributed by atoms with van der Waals surface area (Å²) in [4.78, 5) is 15.5. The second-order valence-corrected chi connectivity index (χ2v) is 14.0. The molecule has 0 aliphatic carbocycles. The van der Waals surface area contributed by atoms with Crippen molar-refractivity contribution in [3.8, 4) is 62.1 Å². The van der Waals surface area contributed by atoms with Crippen molar-refractivity contribution in [2.45, 2.75) is 0 Å². The zero-order valence-electron chi connectivity index (χ0n) is 30.2. The lowest BCUT2D eigenvalue weighted by molar-refractivity contribution is 0.666. The van der Waals surface area contributed by atoms with Gasteiger partial charge in [-0.3, -0.25) is 0 Å². The van der Waals surface area contributed by atoms with Gasteiger partial charge in [-0.25, -0.2) is 15.0 Å². The highest BCUT2D eigenvalue weighted by atomic mass is 16.3. The van der Waals surface area contributed by atoms with Gasteiger partial charge in [0.05, 0.1) is 11.0 Å². The van der Waals surface area contributed by atoms with Crippen LogP contribution in [-0.2, 0) is 0 Å². The van der Waals surface area contributed by atoms with Gasteiger partial charge in [-0.15, -0.1) is 0 Å². The molecule has 0 aliphatic rings. The van der Waals surface area contributed by atoms with Crippen LogP contribution in [-0.4, -0.2) is 19.5 Å². The second-order valence-electron chi connectivity index (χ2n) is 14.0. The lowest BCUT2D eigenvalue weighted by atomic mass is 9.95. The van der Waals surface area contributed by atoms with E-state index in [1.54, 1.807) is 0 Å². The highest BCUT2D eigenvalue weighted by molar-refractivity contribution is 6.18. The molecule has 3 aromatic heterocycles. The molecule has 0 atom stereocenters. The minimum Gasteiger partial charge on any atom is -0.454 e. The molecule has 11 rings (SSSR count). The third kappa shape index (κ3) is 5.21. The van der Waals surface area contributed by atoms with Crippen molar-refractivity contribution in [1.29, 1.82) is 0 Å². The summed E-state index contributed by atoms with van der Waals surface area (Å²) in [5.74, 6) is 1.76. The predicted octanol–water partition coefficient (Wildman–Crippen LogP) is 13.2. The molecule has 5 nitrogen and oxygen atoms in total. The van der Waals surface area contributed by atoms with Crippen LogP contribution in [0.25, 0.3) is 106 Å². The average Bonchev–Trinajstić information content (AvgIpc) is 3.83. The number of hydrogen-bond donors (Lipinski definition) is 0. The van der Waals surface area contributed by atoms with E-state index in [2.05, 4.69) is 126 Å². The van der Waals surface area contributed by atoms with Crippen molar-refractivity contribution in [3.05, 3.63) is 194 Å². The predicted molar refractivity (Wildman–Crippen MR) is 229 cm³/mol. The molecular formula is C51H32N4O. The molecular weight excluding hydrogens is 685 g/mol. The van der Waals surface area contributed by atoms with Crippen LogP contribution in [0.1, 0.15) is 0 Å². The van der Waals surface area contributed by atoms with E-state index < -0.39 is 0 Å². The maximum Gasteiger partial charge on any atom is 0.166 e. The Morgan fingerprint density at radius 3 is 1.55 bits per heavy atom. The van der Waals surface area contributed by atoms with Crippen LogP contribution in [0.4, 0.5) is 0 Å². The molecule has 0 saturated carbocycles. The van der Waals surface area contributed by atoms with Gasteiger partial charge in [-0.2, -0.15) is 0 Å². The fraction of sp³-hybridized carbons (Fsp3) is 0. The van der Waals surface area contributed by atoms with Gasteiger partial charge in [0.25, 0.3) is 0 Å². The first-order chi connectivity index (χ1) is 27.8. The number of para-hydroxylation sites is 2. The van der Waals surface area contributed by atoms with Gasteiger partial charge in [0, 0.05) is 43.8 Å². The summed E-state index contributed by atoms with van der Waals surface area (Å²) in [7, 11) is 0. The summed E-state index contributed by atoms with van der Waals surface area (Å²) in [5, 5.41) is 4.36. The van der Waals surface area contributed by atoms with Crippen molar-refractivity contribution in [3.63, 3.8) is 0 Å². The number of benzene rings is 8. The fourth-order valence-electron chi connectivity index (χ4n) is 8.07. The topological polar surface area (TPSA) is 56.7 Å². The number of fused-ring (bicyclic) bond motifs is 6. The van der Waals surface area contributed by atoms with E-state index in [-0.39, 0.29) is 0 Å². The van der Waals surface area contributed by atoms with E-state index in [1.165, 1.54) is 0 Å². The standard InChI is InChI=1S/C51H32N4O/c1-5-17-33(18-6-1)37-31-42(34-19-7-2-8-20-34)46-43(32-37)38-25-13-15-27-44(38)55(46)47-41(30-29-40-39-26-14-16-28-45(39)56-48(40)47)51-53-49(35-21-9-3-10-22-35)52-50(54-51)36-23-11-4-12-24-36/h1-32H. The van der Waals surface area contributed by atoms with Gasteiger partial charge < -0.3 is 8.98 Å². The molecule has 0 saturated heterocycles. The Hall–Kier alpha value is -7.63. The summed E-state index contributed by atoms with van der Waals surface area (Å²) in [6, 6.07) is 67.4. The zero-order valence-corrected chi connectivity index (χ0v) is 30.2. The maximum absolute atomic E-state index is 6.94. The summed E-state index contributed by atoms with van der Waals surface area (Å²) >= 11 is 0. The minimum absolute atomic E-state index is 0.558. The number of aromatic nitrogens is 4. The first-order valence-corrected chi connectivity index (χ1v) is 18.8. The summed E-state index contributed by atoms with van der Waals surface area (Å²) < 4.78 is 9.33. The molecule has 0 fully saturated rings. The van der Waals surface area contributed by atoms with Crippen molar-refractivity contribution < 1.29 is 4.42 Å². The monoisotopic (exact) mass is 716 g/mol. The summed E-state index contributed by atoms with van der Waals surface area (Å²) in [6.07, 6.45) is 0. The van der Waals surface area contributed by atoms with Gasteiger partial charge in [-0.05, 0) is 53.1 Å². The van der Waals surface area contributed by atoms with Crippen molar-refractivity contribution in [2.75, 3.05) is 0 Å². The van der Waals surface area contributed by atoms with Gasteiger partial charge in [0.2, 0.25) is 0 Å². The molecule has 0 N–H and O–H groups in total. The Labute approximate surface area is 322 Å². The third-order valence-electron chi connectivity index (χ3n) is 10.6. The molecule has 5 heteroatoms. The molecule has 0 bridgehead atoms. The zero-order chi connectivity index (χ0) is 37.0. The lowest BCUT2D eigenvalue weighted by Crippen LogP contribution is -2.04. The van der Waals surface area contributed by atoms with Gasteiger partial charge in [0.15, 0.2) is 23.1 Å². The van der Waals surface area contributed by atoms with Gasteiger partial charge in [-0.1, -0.05) is 158 Å². The Morgan fingerprint density at radius 1 is 0.357 bits per heavy atom. The Morgan fingerprint density at radius 2 is 0.893 bits per heavy atom. The van der Waals surface area contributed by atoms with E-state index in [1.807, 2.05) is 72.8 Å². The molecule has 0 aliphatic heterocycles. The average molecular weight is 717 g/mol. The molecule has 3 heterocycles. The van der Waals surface area contributed by atoms with Gasteiger partial charge >= 0.3 is 0 Å². The van der Waals surface area contributed by atoms with Crippen LogP contribution >= 0.6 is 0 Å². The van der Waals surface area contributed by atoms with Crippen molar-refractivity contribution >= 4 is 43.7 Å². The van der Waals surface area contributed by atoms with Crippen LogP contribution in [0.3, 0.4) is 0 Å². The first-order valence-electron chi connectivity index (χ1n) is 18.8. The molecule has 0 spiro atoms. The Bertz CT molecular complexity index is 3170. The molecule has 11 aromatic rings. The van der Waals surface area contributed by atoms with E-state index in [4.69, 9.17) is 19.4 Å². The minimum atomic E-state index is 0.558. The highest BCUT2D eigenvalue weighted by Crippen LogP contribution is 2.46. The lowest BCUT2D eigenvalue weighted by Gasteiger charge is -2.17. The Kier molecular flexibility index (Phi) is 7.42. The van der Waals surface area contributed by atoms with Crippen molar-refractivity contribution in [2.24, 2.45) is 0 Å². The van der Waals surface area contributed by atoms with Crippen LogP contribution in [0, 0.1) is 0 Å². The summed E-state index contributed by atoms with van der Waals surface area (Å²) in [6.45, 7) is 0. The quantitative estimate of drug-likeness (QED) is 0.172. The van der Waals surface area contributed by atoms with Crippen LogP contribution in [0.15, 0.2) is 199 Å². The van der Waals surface area contributed by atoms with E-state index in [9.17, 15) is 0 Å². The van der Waals surface area contributed by atoms with Crippen molar-refractivity contribution in [1.82, 2.24) is 19.5 Å². The maximum atomic E-state index is 6.94. The largest absolute Gasteiger partial charge is 0.454 e. The van der Waals surface area contributed by atoms with E-state index in [0.29, 0.717) is 17.5 Å². The van der Waals surface area contributed by atoms with Gasteiger partial charge in [0.1, 0.15) is 11.3 Å². The molecule has 262 valence electrons. The molecule has 0 amide bonds. The smallest absolute Gasteiger partial charge is 0.166 e.